The summed E-state index contributed by atoms with van der Waals surface area (Å²) in [4.78, 5) is 0. The average Bonchev–Trinajstić information content (AvgIpc) is 2.28. The van der Waals surface area contributed by atoms with Gasteiger partial charge >= 0.3 is 0 Å². The quantitative estimate of drug-likeness (QED) is 0.745. The Hall–Kier alpha value is -1.09. The first-order valence-corrected chi connectivity index (χ1v) is 5.79. The Balaban J connectivity index is 2.64. The molecule has 2 aromatic carbocycles. The molecule has 0 saturated heterocycles. The van der Waals surface area contributed by atoms with Gasteiger partial charge in [0.05, 0.1) is 5.02 Å². The molecule has 0 spiro atoms. The van der Waals surface area contributed by atoms with Crippen molar-refractivity contribution in [1.82, 2.24) is 0 Å². The molecule has 0 fully saturated rings. The van der Waals surface area contributed by atoms with Gasteiger partial charge in [0.1, 0.15) is 0 Å². The molecule has 0 heterocycles. The molecular formula is C12H7Cl3O2. The van der Waals surface area contributed by atoms with Crippen LogP contribution in [0.15, 0.2) is 30.3 Å². The summed E-state index contributed by atoms with van der Waals surface area (Å²) in [5.74, 6) is -0.655. The van der Waals surface area contributed by atoms with Crippen molar-refractivity contribution >= 4 is 34.8 Å². The van der Waals surface area contributed by atoms with Crippen LogP contribution in [-0.2, 0) is 0 Å². The third kappa shape index (κ3) is 2.44. The van der Waals surface area contributed by atoms with Gasteiger partial charge in [-0.3, -0.25) is 0 Å². The highest BCUT2D eigenvalue weighted by atomic mass is 35.5. The van der Waals surface area contributed by atoms with Gasteiger partial charge in [0.25, 0.3) is 0 Å². The van der Waals surface area contributed by atoms with Crippen molar-refractivity contribution < 1.29 is 10.2 Å². The highest BCUT2D eigenvalue weighted by Crippen LogP contribution is 2.40. The van der Waals surface area contributed by atoms with Crippen LogP contribution in [0.1, 0.15) is 0 Å². The summed E-state index contributed by atoms with van der Waals surface area (Å²) in [6.45, 7) is 0. The van der Waals surface area contributed by atoms with E-state index < -0.39 is 0 Å². The van der Waals surface area contributed by atoms with Gasteiger partial charge in [-0.25, -0.2) is 0 Å². The highest BCUT2D eigenvalue weighted by Gasteiger charge is 2.11. The molecule has 0 atom stereocenters. The molecule has 0 aromatic heterocycles. The lowest BCUT2D eigenvalue weighted by molar-refractivity contribution is 0.404. The summed E-state index contributed by atoms with van der Waals surface area (Å²) in [6, 6.07) is 7.85. The molecule has 0 unspecified atom stereocenters. The van der Waals surface area contributed by atoms with Crippen LogP contribution >= 0.6 is 34.8 Å². The monoisotopic (exact) mass is 288 g/mol. The molecule has 17 heavy (non-hydrogen) atoms. The zero-order chi connectivity index (χ0) is 12.6. The molecule has 88 valence electrons. The van der Waals surface area contributed by atoms with Crippen LogP contribution in [0.2, 0.25) is 15.1 Å². The number of aromatic hydroxyl groups is 2. The number of hydrogen-bond donors (Lipinski definition) is 2. The van der Waals surface area contributed by atoms with E-state index in [2.05, 4.69) is 0 Å². The molecule has 2 aromatic rings. The minimum Gasteiger partial charge on any atom is -0.504 e. The summed E-state index contributed by atoms with van der Waals surface area (Å²) in [5.41, 5.74) is 1.22. The molecule has 2 rings (SSSR count). The summed E-state index contributed by atoms with van der Waals surface area (Å²) in [7, 11) is 0. The van der Waals surface area contributed by atoms with Crippen LogP contribution < -0.4 is 0 Å². The van der Waals surface area contributed by atoms with Gasteiger partial charge in [0.2, 0.25) is 0 Å². The summed E-state index contributed by atoms with van der Waals surface area (Å²) >= 11 is 17.7. The Labute approximate surface area is 113 Å². The largest absolute Gasteiger partial charge is 0.504 e. The summed E-state index contributed by atoms with van der Waals surface area (Å²) in [6.07, 6.45) is 0. The molecule has 5 heteroatoms. The predicted molar refractivity (Wildman–Crippen MR) is 70.2 cm³/mol. The average molecular weight is 290 g/mol. The smallest absolute Gasteiger partial charge is 0.176 e. The zero-order valence-electron chi connectivity index (χ0n) is 8.42. The van der Waals surface area contributed by atoms with Gasteiger partial charge < -0.3 is 10.2 Å². The molecule has 0 amide bonds. The minimum atomic E-state index is -0.353. The van der Waals surface area contributed by atoms with Crippen LogP contribution in [0.4, 0.5) is 0 Å². The maximum absolute atomic E-state index is 9.49. The molecule has 2 nitrogen and oxygen atoms in total. The van der Waals surface area contributed by atoms with Crippen molar-refractivity contribution in [3.8, 4) is 22.6 Å². The van der Waals surface area contributed by atoms with Gasteiger partial charge in [-0.15, -0.1) is 0 Å². The molecular weight excluding hydrogens is 282 g/mol. The van der Waals surface area contributed by atoms with Crippen LogP contribution in [0.5, 0.6) is 11.5 Å². The summed E-state index contributed by atoms with van der Waals surface area (Å²) in [5, 5.41) is 19.9. The van der Waals surface area contributed by atoms with Gasteiger partial charge in [0.15, 0.2) is 11.5 Å². The number of phenols is 2. The van der Waals surface area contributed by atoms with Gasteiger partial charge in [-0.1, -0.05) is 34.8 Å². The van der Waals surface area contributed by atoms with Crippen molar-refractivity contribution in [2.45, 2.75) is 0 Å². The van der Waals surface area contributed by atoms with E-state index in [1.165, 1.54) is 12.1 Å². The van der Waals surface area contributed by atoms with E-state index in [4.69, 9.17) is 34.8 Å². The van der Waals surface area contributed by atoms with E-state index in [0.29, 0.717) is 21.2 Å². The van der Waals surface area contributed by atoms with Crippen molar-refractivity contribution in [1.29, 1.82) is 0 Å². The van der Waals surface area contributed by atoms with Crippen molar-refractivity contribution in [3.05, 3.63) is 45.4 Å². The Morgan fingerprint density at radius 2 is 1.53 bits per heavy atom. The maximum atomic E-state index is 9.49. The zero-order valence-corrected chi connectivity index (χ0v) is 10.7. The Morgan fingerprint density at radius 1 is 0.824 bits per heavy atom. The third-order valence-corrected chi connectivity index (χ3v) is 3.14. The molecule has 2 N–H and O–H groups in total. The standard InChI is InChI=1S/C12H7Cl3O2/c13-7-1-2-9(14)8(5-7)6-3-10(15)12(17)11(16)4-6/h1-5,16-17H. The lowest BCUT2D eigenvalue weighted by atomic mass is 10.1. The fraction of sp³-hybridized carbons (Fsp3) is 0. The molecule has 0 radical (unpaired) electrons. The molecule has 0 bridgehead atoms. The summed E-state index contributed by atoms with van der Waals surface area (Å²) < 4.78 is 0. The Bertz CT molecular complexity index is 559. The molecule has 0 aliphatic carbocycles. The fourth-order valence-corrected chi connectivity index (χ4v) is 2.07. The number of phenolic OH excluding ortho intramolecular Hbond substituents is 2. The van der Waals surface area contributed by atoms with Crippen molar-refractivity contribution in [3.63, 3.8) is 0 Å². The second-order valence-corrected chi connectivity index (χ2v) is 4.70. The van der Waals surface area contributed by atoms with E-state index in [0.717, 1.165) is 0 Å². The van der Waals surface area contributed by atoms with Crippen LogP contribution in [0, 0.1) is 0 Å². The van der Waals surface area contributed by atoms with Crippen LogP contribution in [0.25, 0.3) is 11.1 Å². The Morgan fingerprint density at radius 3 is 2.18 bits per heavy atom. The Kier molecular flexibility index (Phi) is 3.38. The number of hydrogen-bond acceptors (Lipinski definition) is 2. The van der Waals surface area contributed by atoms with E-state index in [9.17, 15) is 10.2 Å². The first-order valence-electron chi connectivity index (χ1n) is 4.66. The normalized spacial score (nSPS) is 10.5. The van der Waals surface area contributed by atoms with E-state index in [1.807, 2.05) is 0 Å². The third-order valence-electron chi connectivity index (χ3n) is 2.28. The van der Waals surface area contributed by atoms with Gasteiger partial charge in [0, 0.05) is 15.6 Å². The van der Waals surface area contributed by atoms with Gasteiger partial charge in [-0.05, 0) is 35.9 Å². The number of rotatable bonds is 1. The second-order valence-electron chi connectivity index (χ2n) is 3.45. The first kappa shape index (κ1) is 12.4. The topological polar surface area (TPSA) is 40.5 Å². The highest BCUT2D eigenvalue weighted by molar-refractivity contribution is 6.36. The van der Waals surface area contributed by atoms with Crippen LogP contribution in [0.3, 0.4) is 0 Å². The SMILES string of the molecule is Oc1cc(-c2cc(Cl)ccc2Cl)cc(Cl)c1O. The van der Waals surface area contributed by atoms with Crippen molar-refractivity contribution in [2.75, 3.05) is 0 Å². The number of halogens is 3. The lowest BCUT2D eigenvalue weighted by Crippen LogP contribution is -1.81. The molecule has 0 aliphatic rings. The lowest BCUT2D eigenvalue weighted by Gasteiger charge is -2.08. The first-order chi connectivity index (χ1) is 7.99. The van der Waals surface area contributed by atoms with Gasteiger partial charge in [-0.2, -0.15) is 0 Å². The minimum absolute atomic E-state index is 0.0519. The van der Waals surface area contributed by atoms with Crippen LogP contribution in [-0.4, -0.2) is 10.2 Å². The maximum Gasteiger partial charge on any atom is 0.176 e. The van der Waals surface area contributed by atoms with Crippen molar-refractivity contribution in [2.24, 2.45) is 0 Å². The van der Waals surface area contributed by atoms with E-state index in [-0.39, 0.29) is 16.5 Å². The van der Waals surface area contributed by atoms with E-state index in [1.54, 1.807) is 18.2 Å². The predicted octanol–water partition coefficient (Wildman–Crippen LogP) is 4.73. The second kappa shape index (κ2) is 4.65. The molecule has 0 saturated carbocycles. The van der Waals surface area contributed by atoms with E-state index >= 15 is 0 Å². The fourth-order valence-electron chi connectivity index (χ4n) is 1.46. The number of benzene rings is 2. The molecule has 0 aliphatic heterocycles.